The molecule has 0 radical (unpaired) electrons. The van der Waals surface area contributed by atoms with Gasteiger partial charge in [0.2, 0.25) is 0 Å². The Kier molecular flexibility index (Phi) is 4.30. The molecule has 0 fully saturated rings. The first-order valence-electron chi connectivity index (χ1n) is 4.50. The van der Waals surface area contributed by atoms with Crippen molar-refractivity contribution in [3.63, 3.8) is 0 Å². The zero-order chi connectivity index (χ0) is 10.2. The standard InChI is InChI=1S/C12H12O2/c13-12(14)10-6-2-5-9-11-7-3-1-4-8-11/h1,3-4,7-8H,5,9-10H2,(H,13,14). The summed E-state index contributed by atoms with van der Waals surface area (Å²) in [5, 5.41) is 8.33. The molecule has 0 aliphatic heterocycles. The Labute approximate surface area is 83.6 Å². The second-order valence-corrected chi connectivity index (χ2v) is 2.91. The Morgan fingerprint density at radius 3 is 2.57 bits per heavy atom. The first-order chi connectivity index (χ1) is 6.79. The quantitative estimate of drug-likeness (QED) is 0.737. The minimum atomic E-state index is -0.864. The van der Waals surface area contributed by atoms with Crippen LogP contribution < -0.4 is 0 Å². The summed E-state index contributed by atoms with van der Waals surface area (Å²) in [6.07, 6.45) is 1.54. The summed E-state index contributed by atoms with van der Waals surface area (Å²) in [6, 6.07) is 10.0. The Hall–Kier alpha value is -1.75. The van der Waals surface area contributed by atoms with E-state index in [2.05, 4.69) is 11.8 Å². The third kappa shape index (κ3) is 4.32. The molecule has 0 unspecified atom stereocenters. The van der Waals surface area contributed by atoms with Crippen LogP contribution in [0.4, 0.5) is 0 Å². The highest BCUT2D eigenvalue weighted by atomic mass is 16.4. The van der Waals surface area contributed by atoms with E-state index in [1.54, 1.807) is 0 Å². The van der Waals surface area contributed by atoms with Crippen molar-refractivity contribution in [1.82, 2.24) is 0 Å². The first-order valence-corrected chi connectivity index (χ1v) is 4.50. The van der Waals surface area contributed by atoms with Gasteiger partial charge in [-0.1, -0.05) is 36.3 Å². The van der Waals surface area contributed by atoms with Gasteiger partial charge in [-0.2, -0.15) is 0 Å². The Morgan fingerprint density at radius 1 is 1.21 bits per heavy atom. The summed E-state index contributed by atoms with van der Waals surface area (Å²) in [7, 11) is 0. The van der Waals surface area contributed by atoms with Gasteiger partial charge in [-0.05, 0) is 12.0 Å². The number of carbonyl (C=O) groups is 1. The highest BCUT2D eigenvalue weighted by molar-refractivity contribution is 5.69. The lowest BCUT2D eigenvalue weighted by atomic mass is 10.1. The molecule has 2 nitrogen and oxygen atoms in total. The fourth-order valence-electron chi connectivity index (χ4n) is 1.08. The van der Waals surface area contributed by atoms with Gasteiger partial charge < -0.3 is 5.11 Å². The molecule has 1 N–H and O–H groups in total. The smallest absolute Gasteiger partial charge is 0.315 e. The van der Waals surface area contributed by atoms with E-state index >= 15 is 0 Å². The lowest BCUT2D eigenvalue weighted by Crippen LogP contribution is -1.90. The summed E-state index contributed by atoms with van der Waals surface area (Å²) in [5.41, 5.74) is 1.23. The average Bonchev–Trinajstić information content (AvgIpc) is 2.18. The fourth-order valence-corrected chi connectivity index (χ4v) is 1.08. The highest BCUT2D eigenvalue weighted by Gasteiger charge is 1.89. The van der Waals surface area contributed by atoms with Crippen LogP contribution >= 0.6 is 0 Å². The average molecular weight is 188 g/mol. The molecule has 14 heavy (non-hydrogen) atoms. The number of aliphatic carboxylic acids is 1. The van der Waals surface area contributed by atoms with Crippen LogP contribution in [-0.2, 0) is 11.2 Å². The molecule has 72 valence electrons. The van der Waals surface area contributed by atoms with Crippen LogP contribution in [0.25, 0.3) is 0 Å². The lowest BCUT2D eigenvalue weighted by molar-refractivity contribution is -0.135. The number of hydrogen-bond donors (Lipinski definition) is 1. The molecule has 0 saturated carbocycles. The maximum atomic E-state index is 10.1. The Morgan fingerprint density at radius 2 is 1.93 bits per heavy atom. The Bertz CT molecular complexity index is 344. The van der Waals surface area contributed by atoms with E-state index in [4.69, 9.17) is 5.11 Å². The lowest BCUT2D eigenvalue weighted by Gasteiger charge is -1.94. The maximum absolute atomic E-state index is 10.1. The largest absolute Gasteiger partial charge is 0.481 e. The summed E-state index contributed by atoms with van der Waals surface area (Å²) >= 11 is 0. The van der Waals surface area contributed by atoms with E-state index < -0.39 is 5.97 Å². The van der Waals surface area contributed by atoms with E-state index in [9.17, 15) is 4.79 Å². The SMILES string of the molecule is O=C(O)CC#CCCc1ccccc1. The van der Waals surface area contributed by atoms with Crippen molar-refractivity contribution < 1.29 is 9.90 Å². The van der Waals surface area contributed by atoms with E-state index in [0.717, 1.165) is 12.8 Å². The zero-order valence-corrected chi connectivity index (χ0v) is 7.86. The summed E-state index contributed by atoms with van der Waals surface area (Å²) < 4.78 is 0. The van der Waals surface area contributed by atoms with Crippen molar-refractivity contribution in [3.05, 3.63) is 35.9 Å². The highest BCUT2D eigenvalue weighted by Crippen LogP contribution is 2.01. The molecule has 0 heterocycles. The summed E-state index contributed by atoms with van der Waals surface area (Å²) in [6.45, 7) is 0. The van der Waals surface area contributed by atoms with Crippen molar-refractivity contribution in [2.24, 2.45) is 0 Å². The monoisotopic (exact) mass is 188 g/mol. The number of carboxylic acids is 1. The predicted molar refractivity (Wildman–Crippen MR) is 54.8 cm³/mol. The van der Waals surface area contributed by atoms with Gasteiger partial charge in [0.1, 0.15) is 6.42 Å². The van der Waals surface area contributed by atoms with Gasteiger partial charge in [-0.25, -0.2) is 0 Å². The van der Waals surface area contributed by atoms with Crippen molar-refractivity contribution in [2.75, 3.05) is 0 Å². The number of benzene rings is 1. The first kappa shape index (κ1) is 10.3. The molecule has 0 spiro atoms. The molecule has 0 amide bonds. The van der Waals surface area contributed by atoms with Crippen LogP contribution in [0.3, 0.4) is 0 Å². The molecule has 1 aromatic carbocycles. The van der Waals surface area contributed by atoms with Crippen LogP contribution in [0, 0.1) is 11.8 Å². The Balaban J connectivity index is 2.27. The van der Waals surface area contributed by atoms with Gasteiger partial charge in [-0.3, -0.25) is 4.79 Å². The third-order valence-electron chi connectivity index (χ3n) is 1.75. The van der Waals surface area contributed by atoms with Crippen molar-refractivity contribution in [2.45, 2.75) is 19.3 Å². The van der Waals surface area contributed by atoms with Crippen molar-refractivity contribution >= 4 is 5.97 Å². The van der Waals surface area contributed by atoms with Gasteiger partial charge in [0, 0.05) is 6.42 Å². The molecule has 0 aliphatic rings. The number of carboxylic acid groups (broad SMARTS) is 1. The molecule has 2 heteroatoms. The van der Waals surface area contributed by atoms with Crippen LogP contribution in [0.5, 0.6) is 0 Å². The molecule has 0 aliphatic carbocycles. The summed E-state index contributed by atoms with van der Waals surface area (Å²) in [5.74, 6) is 4.58. The normalized spacial score (nSPS) is 8.86. The van der Waals surface area contributed by atoms with E-state index in [1.807, 2.05) is 30.3 Å². The molecule has 0 aromatic heterocycles. The van der Waals surface area contributed by atoms with Crippen molar-refractivity contribution in [1.29, 1.82) is 0 Å². The number of hydrogen-bond acceptors (Lipinski definition) is 1. The second kappa shape index (κ2) is 5.82. The summed E-state index contributed by atoms with van der Waals surface area (Å²) in [4.78, 5) is 10.1. The van der Waals surface area contributed by atoms with E-state index in [1.165, 1.54) is 5.56 Å². The molecule has 0 atom stereocenters. The van der Waals surface area contributed by atoms with Crippen LogP contribution in [0.2, 0.25) is 0 Å². The minimum absolute atomic E-state index is 0.0607. The fraction of sp³-hybridized carbons (Fsp3) is 0.250. The minimum Gasteiger partial charge on any atom is -0.481 e. The molecule has 1 rings (SSSR count). The number of rotatable bonds is 3. The van der Waals surface area contributed by atoms with Crippen molar-refractivity contribution in [3.8, 4) is 11.8 Å². The topological polar surface area (TPSA) is 37.3 Å². The van der Waals surface area contributed by atoms with Gasteiger partial charge in [-0.15, -0.1) is 5.92 Å². The molecule has 1 aromatic rings. The van der Waals surface area contributed by atoms with Gasteiger partial charge in [0.05, 0.1) is 0 Å². The third-order valence-corrected chi connectivity index (χ3v) is 1.75. The van der Waals surface area contributed by atoms with E-state index in [-0.39, 0.29) is 6.42 Å². The second-order valence-electron chi connectivity index (χ2n) is 2.91. The maximum Gasteiger partial charge on any atom is 0.315 e. The van der Waals surface area contributed by atoms with Crippen LogP contribution in [-0.4, -0.2) is 11.1 Å². The van der Waals surface area contributed by atoms with Crippen LogP contribution in [0.1, 0.15) is 18.4 Å². The van der Waals surface area contributed by atoms with E-state index in [0.29, 0.717) is 0 Å². The van der Waals surface area contributed by atoms with Crippen LogP contribution in [0.15, 0.2) is 30.3 Å². The number of aryl methyl sites for hydroxylation is 1. The molecule has 0 saturated heterocycles. The van der Waals surface area contributed by atoms with Gasteiger partial charge in [0.15, 0.2) is 0 Å². The molecular weight excluding hydrogens is 176 g/mol. The molecule has 0 bridgehead atoms. The predicted octanol–water partition coefficient (Wildman–Crippen LogP) is 2.10. The molecular formula is C12H12O2. The van der Waals surface area contributed by atoms with Gasteiger partial charge in [0.25, 0.3) is 0 Å². The zero-order valence-electron chi connectivity index (χ0n) is 7.86. The van der Waals surface area contributed by atoms with Gasteiger partial charge >= 0.3 is 5.97 Å².